The van der Waals surface area contributed by atoms with Crippen LogP contribution in [0.2, 0.25) is 0 Å². The second-order valence-electron chi connectivity index (χ2n) is 6.59. The number of likely N-dealkylation sites (N-methyl/N-ethyl adjacent to an activating group) is 1. The number of carbonyl (C=O) groups is 1. The molecule has 1 fully saturated rings. The van der Waals surface area contributed by atoms with Crippen LogP contribution in [0.25, 0.3) is 0 Å². The summed E-state index contributed by atoms with van der Waals surface area (Å²) in [6.07, 6.45) is 5.12. The summed E-state index contributed by atoms with van der Waals surface area (Å²) in [5.74, 6) is 0.300. The van der Waals surface area contributed by atoms with Gasteiger partial charge in [-0.2, -0.15) is 0 Å². The van der Waals surface area contributed by atoms with Crippen molar-refractivity contribution < 1.29 is 9.90 Å². The molecule has 1 aliphatic heterocycles. The molecule has 0 unspecified atom stereocenters. The Hall–Kier alpha value is -1.46. The Labute approximate surface area is 132 Å². The number of piperidine rings is 1. The first-order chi connectivity index (χ1) is 10.4. The molecule has 5 heteroatoms. The Kier molecular flexibility index (Phi) is 5.53. The lowest BCUT2D eigenvalue weighted by Crippen LogP contribution is -2.53. The predicted molar refractivity (Wildman–Crippen MR) is 86.2 cm³/mol. The topological polar surface area (TPSA) is 56.7 Å². The first-order valence-corrected chi connectivity index (χ1v) is 8.00. The summed E-state index contributed by atoms with van der Waals surface area (Å²) in [7, 11) is 1.95. The number of aromatic nitrogens is 1. The highest BCUT2D eigenvalue weighted by Gasteiger charge is 2.37. The van der Waals surface area contributed by atoms with Gasteiger partial charge in [-0.1, -0.05) is 13.0 Å². The summed E-state index contributed by atoms with van der Waals surface area (Å²) in [4.78, 5) is 20.5. The van der Waals surface area contributed by atoms with E-state index in [2.05, 4.69) is 11.9 Å². The monoisotopic (exact) mass is 305 g/mol. The molecular formula is C17H27N3O2. The summed E-state index contributed by atoms with van der Waals surface area (Å²) >= 11 is 0. The molecule has 1 amide bonds. The van der Waals surface area contributed by atoms with E-state index in [1.165, 1.54) is 0 Å². The number of nitrogens with zero attached hydrogens (tertiary/aromatic N) is 3. The van der Waals surface area contributed by atoms with E-state index in [-0.39, 0.29) is 11.8 Å². The van der Waals surface area contributed by atoms with E-state index in [1.54, 1.807) is 6.20 Å². The highest BCUT2D eigenvalue weighted by molar-refractivity contribution is 5.78. The van der Waals surface area contributed by atoms with Crippen molar-refractivity contribution >= 4 is 5.91 Å². The standard InChI is InChI=1S/C17H27N3O2/c1-4-15-12-20(9-7-17(15,2)22)16(21)13-19(3)11-14-6-5-8-18-10-14/h5-6,8,10,15,22H,4,7,9,11-13H2,1-3H3/t15-,17+/m1/s1. The molecule has 1 aromatic heterocycles. The highest BCUT2D eigenvalue weighted by Crippen LogP contribution is 2.29. The van der Waals surface area contributed by atoms with Crippen LogP contribution in [-0.2, 0) is 11.3 Å². The van der Waals surface area contributed by atoms with Crippen molar-refractivity contribution in [3.05, 3.63) is 30.1 Å². The van der Waals surface area contributed by atoms with Crippen LogP contribution in [0.4, 0.5) is 0 Å². The van der Waals surface area contributed by atoms with Gasteiger partial charge in [-0.25, -0.2) is 0 Å². The van der Waals surface area contributed by atoms with Gasteiger partial charge in [0.2, 0.25) is 5.91 Å². The van der Waals surface area contributed by atoms with Gasteiger partial charge in [-0.05, 0) is 38.4 Å². The molecule has 0 bridgehead atoms. The fraction of sp³-hybridized carbons (Fsp3) is 0.647. The van der Waals surface area contributed by atoms with Gasteiger partial charge in [0.15, 0.2) is 0 Å². The minimum absolute atomic E-state index is 0.139. The molecule has 0 aromatic carbocycles. The number of likely N-dealkylation sites (tertiary alicyclic amines) is 1. The number of hydrogen-bond donors (Lipinski definition) is 1. The lowest BCUT2D eigenvalue weighted by molar-refractivity contribution is -0.139. The third-order valence-electron chi connectivity index (χ3n) is 4.63. The summed E-state index contributed by atoms with van der Waals surface area (Å²) in [5.41, 5.74) is 0.457. The molecule has 2 rings (SSSR count). The van der Waals surface area contributed by atoms with E-state index in [1.807, 2.05) is 42.1 Å². The fourth-order valence-corrected chi connectivity index (χ4v) is 3.10. The van der Waals surface area contributed by atoms with Gasteiger partial charge in [0.1, 0.15) is 0 Å². The second kappa shape index (κ2) is 7.20. The molecule has 1 saturated heterocycles. The van der Waals surface area contributed by atoms with E-state index >= 15 is 0 Å². The molecule has 1 aromatic rings. The summed E-state index contributed by atoms with van der Waals surface area (Å²) in [5, 5.41) is 10.4. The second-order valence-corrected chi connectivity index (χ2v) is 6.59. The van der Waals surface area contributed by atoms with Crippen molar-refractivity contribution in [3.63, 3.8) is 0 Å². The molecule has 0 saturated carbocycles. The molecule has 2 heterocycles. The molecule has 1 N–H and O–H groups in total. The Balaban J connectivity index is 1.87. The maximum atomic E-state index is 12.5. The van der Waals surface area contributed by atoms with Crippen molar-refractivity contribution in [1.29, 1.82) is 0 Å². The summed E-state index contributed by atoms with van der Waals surface area (Å²) < 4.78 is 0. The normalized spacial score (nSPS) is 25.5. The first-order valence-electron chi connectivity index (χ1n) is 8.00. The number of pyridine rings is 1. The zero-order valence-corrected chi connectivity index (χ0v) is 13.8. The summed E-state index contributed by atoms with van der Waals surface area (Å²) in [6.45, 7) is 6.36. The van der Waals surface area contributed by atoms with Crippen molar-refractivity contribution in [3.8, 4) is 0 Å². The van der Waals surface area contributed by atoms with Gasteiger partial charge < -0.3 is 10.0 Å². The Morgan fingerprint density at radius 1 is 1.59 bits per heavy atom. The van der Waals surface area contributed by atoms with E-state index in [4.69, 9.17) is 0 Å². The van der Waals surface area contributed by atoms with E-state index in [0.717, 1.165) is 12.0 Å². The number of aliphatic hydroxyl groups is 1. The molecule has 22 heavy (non-hydrogen) atoms. The Bertz CT molecular complexity index is 490. The van der Waals surface area contributed by atoms with Crippen LogP contribution in [0, 0.1) is 5.92 Å². The van der Waals surface area contributed by atoms with Crippen LogP contribution in [0.5, 0.6) is 0 Å². The molecule has 5 nitrogen and oxygen atoms in total. The minimum Gasteiger partial charge on any atom is -0.390 e. The van der Waals surface area contributed by atoms with Crippen molar-refractivity contribution in [2.75, 3.05) is 26.7 Å². The average molecular weight is 305 g/mol. The molecular weight excluding hydrogens is 278 g/mol. The quantitative estimate of drug-likeness (QED) is 0.896. The Morgan fingerprint density at radius 2 is 2.36 bits per heavy atom. The van der Waals surface area contributed by atoms with Crippen molar-refractivity contribution in [1.82, 2.24) is 14.8 Å². The third-order valence-corrected chi connectivity index (χ3v) is 4.63. The van der Waals surface area contributed by atoms with Crippen LogP contribution in [0.3, 0.4) is 0 Å². The third kappa shape index (κ3) is 4.27. The zero-order valence-electron chi connectivity index (χ0n) is 13.8. The molecule has 0 radical (unpaired) electrons. The molecule has 0 aliphatic carbocycles. The van der Waals surface area contributed by atoms with Gasteiger partial charge in [-0.3, -0.25) is 14.7 Å². The Morgan fingerprint density at radius 3 is 3.00 bits per heavy atom. The van der Waals surface area contributed by atoms with E-state index < -0.39 is 5.60 Å². The smallest absolute Gasteiger partial charge is 0.236 e. The number of rotatable bonds is 5. The van der Waals surface area contributed by atoms with Crippen LogP contribution < -0.4 is 0 Å². The first kappa shape index (κ1) is 16.9. The summed E-state index contributed by atoms with van der Waals surface area (Å²) in [6, 6.07) is 3.92. The average Bonchev–Trinajstić information content (AvgIpc) is 2.47. The lowest BCUT2D eigenvalue weighted by Gasteiger charge is -2.42. The van der Waals surface area contributed by atoms with E-state index in [9.17, 15) is 9.90 Å². The van der Waals surface area contributed by atoms with Gasteiger partial charge >= 0.3 is 0 Å². The van der Waals surface area contributed by atoms with Gasteiger partial charge in [-0.15, -0.1) is 0 Å². The maximum absolute atomic E-state index is 12.5. The minimum atomic E-state index is -0.646. The van der Waals surface area contributed by atoms with E-state index in [0.29, 0.717) is 32.6 Å². The SMILES string of the molecule is CC[C@@H]1CN(C(=O)CN(C)Cc2cccnc2)CC[C@]1(C)O. The predicted octanol–water partition coefficient (Wildman–Crippen LogP) is 1.52. The maximum Gasteiger partial charge on any atom is 0.236 e. The van der Waals surface area contributed by atoms with Crippen molar-refractivity contribution in [2.24, 2.45) is 5.92 Å². The molecule has 0 spiro atoms. The number of amides is 1. The molecule has 122 valence electrons. The van der Waals surface area contributed by atoms with Crippen LogP contribution in [0.15, 0.2) is 24.5 Å². The highest BCUT2D eigenvalue weighted by atomic mass is 16.3. The van der Waals surface area contributed by atoms with Crippen LogP contribution >= 0.6 is 0 Å². The molecule has 2 atom stereocenters. The van der Waals surface area contributed by atoms with Crippen LogP contribution in [0.1, 0.15) is 32.3 Å². The molecule has 1 aliphatic rings. The fourth-order valence-electron chi connectivity index (χ4n) is 3.10. The number of hydrogen-bond acceptors (Lipinski definition) is 4. The van der Waals surface area contributed by atoms with Crippen molar-refractivity contribution in [2.45, 2.75) is 38.8 Å². The van der Waals surface area contributed by atoms with Gasteiger partial charge in [0.05, 0.1) is 12.1 Å². The lowest BCUT2D eigenvalue weighted by atomic mass is 9.81. The van der Waals surface area contributed by atoms with Gasteiger partial charge in [0.25, 0.3) is 0 Å². The van der Waals surface area contributed by atoms with Crippen LogP contribution in [-0.4, -0.2) is 58.1 Å². The zero-order chi connectivity index (χ0) is 16.2. The number of carbonyl (C=O) groups excluding carboxylic acids is 1. The van der Waals surface area contributed by atoms with Gasteiger partial charge in [0, 0.05) is 37.9 Å². The largest absolute Gasteiger partial charge is 0.390 e.